The molecule has 0 heterocycles. The molecule has 0 bridgehead atoms. The first kappa shape index (κ1) is 15.9. The fourth-order valence-corrected chi connectivity index (χ4v) is 2.76. The van der Waals surface area contributed by atoms with Crippen molar-refractivity contribution in [1.29, 1.82) is 0 Å². The van der Waals surface area contributed by atoms with Gasteiger partial charge in [0.1, 0.15) is 15.5 Å². The monoisotopic (exact) mass is 302 g/mol. The average molecular weight is 302 g/mol. The van der Waals surface area contributed by atoms with E-state index in [0.717, 1.165) is 12.3 Å². The lowest BCUT2D eigenvalue weighted by Gasteiger charge is -2.16. The van der Waals surface area contributed by atoms with Crippen LogP contribution in [0.2, 0.25) is 0 Å². The van der Waals surface area contributed by atoms with Gasteiger partial charge in [0.2, 0.25) is 0 Å². The van der Waals surface area contributed by atoms with Crippen molar-refractivity contribution in [3.63, 3.8) is 0 Å². The van der Waals surface area contributed by atoms with E-state index < -0.39 is 32.5 Å². The Labute approximate surface area is 115 Å². The van der Waals surface area contributed by atoms with E-state index in [2.05, 4.69) is 5.32 Å². The Morgan fingerprint density at radius 1 is 1.50 bits per heavy atom. The minimum Gasteiger partial charge on any atom is -0.478 e. The highest BCUT2D eigenvalue weighted by molar-refractivity contribution is 7.90. The zero-order valence-electron chi connectivity index (χ0n) is 10.9. The Kier molecular flexibility index (Phi) is 4.66. The fraction of sp³-hybridized carbons (Fsp3) is 0.364. The molecule has 110 valence electrons. The summed E-state index contributed by atoms with van der Waals surface area (Å²) in [7, 11) is -3.29. The smallest absolute Gasteiger partial charge is 0.338 e. The third kappa shape index (κ3) is 4.19. The first-order chi connectivity index (χ1) is 9.11. The van der Waals surface area contributed by atoms with E-state index in [9.17, 15) is 23.3 Å². The maximum absolute atomic E-state index is 11.2. The van der Waals surface area contributed by atoms with Crippen molar-refractivity contribution in [3.05, 3.63) is 33.9 Å². The molecule has 1 unspecified atom stereocenters. The molecule has 8 nitrogen and oxygen atoms in total. The average Bonchev–Trinajstić information content (AvgIpc) is 2.25. The molecule has 0 amide bonds. The lowest BCUT2D eigenvalue weighted by atomic mass is 10.1. The van der Waals surface area contributed by atoms with Gasteiger partial charge in [-0.2, -0.15) is 0 Å². The van der Waals surface area contributed by atoms with Crippen molar-refractivity contribution in [2.24, 2.45) is 0 Å². The van der Waals surface area contributed by atoms with Crippen LogP contribution >= 0.6 is 0 Å². The predicted octanol–water partition coefficient (Wildman–Crippen LogP) is 1.14. The van der Waals surface area contributed by atoms with E-state index in [1.54, 1.807) is 0 Å². The molecule has 0 aliphatic heterocycles. The Morgan fingerprint density at radius 2 is 2.10 bits per heavy atom. The molecule has 0 saturated heterocycles. The number of nitrogens with one attached hydrogen (secondary N) is 1. The van der Waals surface area contributed by atoms with Crippen LogP contribution in [0.1, 0.15) is 17.3 Å². The highest BCUT2D eigenvalue weighted by Crippen LogP contribution is 2.29. The van der Waals surface area contributed by atoms with Gasteiger partial charge in [-0.15, -0.1) is 0 Å². The second-order valence-electron chi connectivity index (χ2n) is 4.40. The van der Waals surface area contributed by atoms with Gasteiger partial charge >= 0.3 is 5.97 Å². The maximum Gasteiger partial charge on any atom is 0.338 e. The largest absolute Gasteiger partial charge is 0.478 e. The zero-order valence-corrected chi connectivity index (χ0v) is 11.7. The second kappa shape index (κ2) is 5.87. The van der Waals surface area contributed by atoms with E-state index in [4.69, 9.17) is 5.11 Å². The van der Waals surface area contributed by atoms with Gasteiger partial charge in [-0.05, 0) is 13.0 Å². The van der Waals surface area contributed by atoms with Crippen LogP contribution in [0, 0.1) is 10.1 Å². The molecule has 1 aromatic carbocycles. The van der Waals surface area contributed by atoms with Crippen molar-refractivity contribution >= 4 is 27.2 Å². The lowest BCUT2D eigenvalue weighted by molar-refractivity contribution is -0.384. The van der Waals surface area contributed by atoms with Crippen molar-refractivity contribution in [1.82, 2.24) is 0 Å². The summed E-state index contributed by atoms with van der Waals surface area (Å²) in [5, 5.41) is 22.6. The molecule has 1 aromatic rings. The Hall–Kier alpha value is -2.16. The molecule has 1 atom stereocenters. The number of carboxylic acids is 1. The summed E-state index contributed by atoms with van der Waals surface area (Å²) < 4.78 is 22.4. The summed E-state index contributed by atoms with van der Waals surface area (Å²) in [6.07, 6.45) is 1.03. The second-order valence-corrected chi connectivity index (χ2v) is 6.58. The number of carboxylic acid groups (broad SMARTS) is 1. The van der Waals surface area contributed by atoms with Crippen molar-refractivity contribution < 1.29 is 23.2 Å². The SMILES string of the molecule is CC(CS(C)(=O)=O)Nc1c(C(=O)O)cccc1[N+](=O)[O-]. The number of para-hydroxylation sites is 1. The molecular formula is C11H14N2O6S. The molecule has 0 spiro atoms. The molecule has 0 saturated carbocycles. The molecule has 2 N–H and O–H groups in total. The predicted molar refractivity (Wildman–Crippen MR) is 72.9 cm³/mol. The summed E-state index contributed by atoms with van der Waals surface area (Å²) in [4.78, 5) is 21.3. The number of hydrogen-bond donors (Lipinski definition) is 2. The van der Waals surface area contributed by atoms with Crippen LogP contribution < -0.4 is 5.32 Å². The van der Waals surface area contributed by atoms with Crippen LogP contribution in [0.25, 0.3) is 0 Å². The fourth-order valence-electron chi connectivity index (χ4n) is 1.76. The van der Waals surface area contributed by atoms with E-state index in [1.807, 2.05) is 0 Å². The Balaban J connectivity index is 3.20. The minimum atomic E-state index is -3.29. The normalized spacial score (nSPS) is 12.7. The molecule has 0 aliphatic carbocycles. The summed E-state index contributed by atoms with van der Waals surface area (Å²) >= 11 is 0. The van der Waals surface area contributed by atoms with Crippen LogP contribution in [-0.4, -0.2) is 42.5 Å². The Morgan fingerprint density at radius 3 is 2.55 bits per heavy atom. The molecular weight excluding hydrogens is 288 g/mol. The van der Waals surface area contributed by atoms with Gasteiger partial charge in [-0.3, -0.25) is 10.1 Å². The topological polar surface area (TPSA) is 127 Å². The molecule has 0 fully saturated rings. The summed E-state index contributed by atoms with van der Waals surface area (Å²) in [6.45, 7) is 1.50. The summed E-state index contributed by atoms with van der Waals surface area (Å²) in [5.74, 6) is -1.60. The number of nitrogens with zero attached hydrogens (tertiary/aromatic N) is 1. The van der Waals surface area contributed by atoms with Crippen molar-refractivity contribution in [3.8, 4) is 0 Å². The van der Waals surface area contributed by atoms with Gasteiger partial charge in [-0.1, -0.05) is 6.07 Å². The van der Waals surface area contributed by atoms with Gasteiger partial charge in [0.25, 0.3) is 5.69 Å². The number of sulfone groups is 1. The van der Waals surface area contributed by atoms with Gasteiger partial charge in [0.05, 0.1) is 16.2 Å². The van der Waals surface area contributed by atoms with Gasteiger partial charge < -0.3 is 10.4 Å². The number of nitro benzene ring substituents is 1. The van der Waals surface area contributed by atoms with Gasteiger partial charge in [-0.25, -0.2) is 13.2 Å². The third-order valence-electron chi connectivity index (χ3n) is 2.41. The molecule has 0 radical (unpaired) electrons. The van der Waals surface area contributed by atoms with Crippen molar-refractivity contribution in [2.75, 3.05) is 17.3 Å². The maximum atomic E-state index is 11.2. The summed E-state index contributed by atoms with van der Waals surface area (Å²) in [5.41, 5.74) is -0.883. The number of aromatic carboxylic acids is 1. The number of carbonyl (C=O) groups is 1. The lowest BCUT2D eigenvalue weighted by Crippen LogP contribution is -2.26. The molecule has 0 aliphatic rings. The Bertz CT molecular complexity index is 608. The van der Waals surface area contributed by atoms with Crippen LogP contribution in [0.15, 0.2) is 18.2 Å². The molecule has 1 rings (SSSR count). The highest BCUT2D eigenvalue weighted by atomic mass is 32.2. The van der Waals surface area contributed by atoms with Crippen LogP contribution in [0.3, 0.4) is 0 Å². The first-order valence-electron chi connectivity index (χ1n) is 5.57. The quantitative estimate of drug-likeness (QED) is 0.595. The van der Waals surface area contributed by atoms with Gasteiger partial charge in [0.15, 0.2) is 0 Å². The number of benzene rings is 1. The highest BCUT2D eigenvalue weighted by Gasteiger charge is 2.23. The summed E-state index contributed by atoms with van der Waals surface area (Å²) in [6, 6.07) is 2.96. The van der Waals surface area contributed by atoms with E-state index in [-0.39, 0.29) is 17.0 Å². The molecule has 9 heteroatoms. The van der Waals surface area contributed by atoms with Crippen molar-refractivity contribution in [2.45, 2.75) is 13.0 Å². The number of rotatable bonds is 6. The van der Waals surface area contributed by atoms with E-state index in [0.29, 0.717) is 0 Å². The van der Waals surface area contributed by atoms with Crippen LogP contribution in [0.5, 0.6) is 0 Å². The van der Waals surface area contributed by atoms with E-state index >= 15 is 0 Å². The number of anilines is 1. The minimum absolute atomic E-state index is 0.193. The van der Waals surface area contributed by atoms with E-state index in [1.165, 1.54) is 19.1 Å². The van der Waals surface area contributed by atoms with Crippen LogP contribution in [-0.2, 0) is 9.84 Å². The number of nitro groups is 1. The first-order valence-corrected chi connectivity index (χ1v) is 7.63. The van der Waals surface area contributed by atoms with Crippen LogP contribution in [0.4, 0.5) is 11.4 Å². The number of hydrogen-bond acceptors (Lipinski definition) is 6. The van der Waals surface area contributed by atoms with Gasteiger partial charge in [0, 0.05) is 18.4 Å². The molecule has 0 aromatic heterocycles. The molecule has 20 heavy (non-hydrogen) atoms. The zero-order chi connectivity index (χ0) is 15.5. The standard InChI is InChI=1S/C11H14N2O6S/c1-7(6-20(2,18)19)12-10-8(11(14)15)4-3-5-9(10)13(16)17/h3-5,7,12H,6H2,1-2H3,(H,14,15). The third-order valence-corrected chi connectivity index (χ3v) is 3.52.